The number of anilines is 2. The van der Waals surface area contributed by atoms with Crippen molar-refractivity contribution in [1.82, 2.24) is 10.6 Å². The second-order valence-electron chi connectivity index (χ2n) is 5.54. The summed E-state index contributed by atoms with van der Waals surface area (Å²) in [6.07, 6.45) is 0. The highest BCUT2D eigenvalue weighted by molar-refractivity contribution is 5.98. The topological polar surface area (TPSA) is 126 Å². The number of rotatable bonds is 6. The molecule has 0 aromatic heterocycles. The maximum Gasteiger partial charge on any atom is 0.315 e. The van der Waals surface area contributed by atoms with Crippen molar-refractivity contribution in [2.45, 2.75) is 13.0 Å². The van der Waals surface area contributed by atoms with Crippen LogP contribution in [0.3, 0.4) is 0 Å². The molecular weight excluding hydrogens is 345 g/mol. The van der Waals surface area contributed by atoms with Gasteiger partial charge in [0.05, 0.1) is 12.3 Å². The number of urea groups is 1. The van der Waals surface area contributed by atoms with Gasteiger partial charge in [-0.3, -0.25) is 9.59 Å². The number of hydrogen-bond donors (Lipinski definition) is 4. The van der Waals surface area contributed by atoms with E-state index in [1.165, 1.54) is 17.0 Å². The summed E-state index contributed by atoms with van der Waals surface area (Å²) in [5.41, 5.74) is 5.80. The smallest absolute Gasteiger partial charge is 0.315 e. The van der Waals surface area contributed by atoms with Gasteiger partial charge in [0.2, 0.25) is 5.91 Å². The van der Waals surface area contributed by atoms with Gasteiger partial charge in [-0.25, -0.2) is 9.18 Å². The van der Waals surface area contributed by atoms with Gasteiger partial charge in [0.1, 0.15) is 18.5 Å². The molecule has 9 nitrogen and oxygen atoms in total. The van der Waals surface area contributed by atoms with Crippen molar-refractivity contribution in [2.75, 3.05) is 43.1 Å². The Hall–Kier alpha value is -2.72. The number of carbonyl (C=O) groups is 3. The summed E-state index contributed by atoms with van der Waals surface area (Å²) < 4.78 is 19.4. The first-order valence-corrected chi connectivity index (χ1v) is 8.19. The van der Waals surface area contributed by atoms with Gasteiger partial charge in [-0.1, -0.05) is 0 Å². The van der Waals surface area contributed by atoms with Crippen molar-refractivity contribution < 1.29 is 23.5 Å². The Bertz CT molecular complexity index is 685. The number of amides is 4. The fourth-order valence-corrected chi connectivity index (χ4v) is 2.39. The summed E-state index contributed by atoms with van der Waals surface area (Å²) in [6.45, 7) is 2.62. The third kappa shape index (κ3) is 4.90. The third-order valence-electron chi connectivity index (χ3n) is 3.70. The van der Waals surface area contributed by atoms with E-state index in [-0.39, 0.29) is 24.7 Å². The minimum atomic E-state index is -1.01. The lowest BCUT2D eigenvalue weighted by Crippen LogP contribution is -2.51. The van der Waals surface area contributed by atoms with E-state index in [0.29, 0.717) is 25.4 Å². The van der Waals surface area contributed by atoms with Gasteiger partial charge >= 0.3 is 6.03 Å². The maximum atomic E-state index is 14.3. The molecule has 26 heavy (non-hydrogen) atoms. The van der Waals surface area contributed by atoms with Crippen LogP contribution in [-0.4, -0.2) is 56.7 Å². The van der Waals surface area contributed by atoms with E-state index < -0.39 is 23.8 Å². The predicted octanol–water partition coefficient (Wildman–Crippen LogP) is -0.226. The minimum Gasteiger partial charge on any atom is -0.370 e. The van der Waals surface area contributed by atoms with Crippen molar-refractivity contribution in [1.29, 1.82) is 0 Å². The number of carbonyl (C=O) groups excluding carboxylic acids is 3. The molecule has 0 unspecified atom stereocenters. The molecule has 1 aliphatic rings. The number of ether oxygens (including phenoxy) is 1. The van der Waals surface area contributed by atoms with Crippen LogP contribution in [0.25, 0.3) is 0 Å². The molecule has 10 heteroatoms. The van der Waals surface area contributed by atoms with Crippen LogP contribution in [0, 0.1) is 5.82 Å². The van der Waals surface area contributed by atoms with Crippen molar-refractivity contribution in [3.63, 3.8) is 0 Å². The first-order chi connectivity index (χ1) is 12.5. The third-order valence-corrected chi connectivity index (χ3v) is 3.70. The molecule has 2 rings (SSSR count). The van der Waals surface area contributed by atoms with Crippen molar-refractivity contribution >= 4 is 29.2 Å². The molecule has 0 aliphatic carbocycles. The molecule has 0 spiro atoms. The van der Waals surface area contributed by atoms with E-state index >= 15 is 0 Å². The average molecular weight is 367 g/mol. The maximum absolute atomic E-state index is 14.3. The molecule has 1 heterocycles. The minimum absolute atomic E-state index is 0.0518. The number of nitrogens with two attached hydrogens (primary N) is 1. The zero-order chi connectivity index (χ0) is 19.1. The Morgan fingerprint density at radius 1 is 1.42 bits per heavy atom. The highest BCUT2D eigenvalue weighted by Gasteiger charge is 2.23. The Morgan fingerprint density at radius 2 is 2.19 bits per heavy atom. The summed E-state index contributed by atoms with van der Waals surface area (Å²) in [4.78, 5) is 36.9. The fourth-order valence-electron chi connectivity index (χ4n) is 2.39. The first-order valence-electron chi connectivity index (χ1n) is 8.19. The lowest BCUT2D eigenvalue weighted by Gasteiger charge is -2.27. The van der Waals surface area contributed by atoms with Crippen LogP contribution in [0.15, 0.2) is 18.2 Å². The van der Waals surface area contributed by atoms with Crippen LogP contribution in [0.1, 0.15) is 6.92 Å². The number of hydrogen-bond acceptors (Lipinski definition) is 5. The fraction of sp³-hybridized carbons (Fsp3) is 0.438. The Morgan fingerprint density at radius 3 is 2.81 bits per heavy atom. The summed E-state index contributed by atoms with van der Waals surface area (Å²) >= 11 is 0. The number of nitrogens with one attached hydrogen (secondary N) is 3. The number of halogens is 1. The van der Waals surface area contributed by atoms with Crippen LogP contribution in [0.4, 0.5) is 20.6 Å². The Balaban J connectivity index is 2.05. The standard InChI is InChI=1S/C16H22FN5O4/c1-2-19-16(25)21-13(8-18)15(24)20-12-4-3-10(7-11(12)17)22-5-6-26-9-14(22)23/h3-4,7,13H,2,5-6,8-9,18H2,1H3,(H,20,24)(H2,19,21,25)/t13-/m1/s1. The highest BCUT2D eigenvalue weighted by atomic mass is 19.1. The molecule has 1 aliphatic heterocycles. The zero-order valence-corrected chi connectivity index (χ0v) is 14.4. The number of morpholine rings is 1. The molecule has 5 N–H and O–H groups in total. The van der Waals surface area contributed by atoms with Crippen LogP contribution in [0.5, 0.6) is 0 Å². The van der Waals surface area contributed by atoms with Crippen LogP contribution < -0.4 is 26.6 Å². The molecule has 4 amide bonds. The van der Waals surface area contributed by atoms with E-state index in [9.17, 15) is 18.8 Å². The molecule has 1 atom stereocenters. The first kappa shape index (κ1) is 19.6. The van der Waals surface area contributed by atoms with E-state index in [1.807, 2.05) is 0 Å². The van der Waals surface area contributed by atoms with E-state index in [4.69, 9.17) is 10.5 Å². The molecule has 0 radical (unpaired) electrons. The quantitative estimate of drug-likeness (QED) is 0.553. The average Bonchev–Trinajstić information content (AvgIpc) is 2.62. The van der Waals surface area contributed by atoms with Gasteiger partial charge in [0, 0.05) is 25.3 Å². The summed E-state index contributed by atoms with van der Waals surface area (Å²) in [5, 5.41) is 7.27. The largest absolute Gasteiger partial charge is 0.370 e. The second kappa shape index (κ2) is 9.11. The molecule has 0 saturated carbocycles. The predicted molar refractivity (Wildman–Crippen MR) is 93.3 cm³/mol. The van der Waals surface area contributed by atoms with Gasteiger partial charge in [-0.15, -0.1) is 0 Å². The molecule has 1 aromatic carbocycles. The van der Waals surface area contributed by atoms with Crippen molar-refractivity contribution in [2.24, 2.45) is 5.73 Å². The van der Waals surface area contributed by atoms with E-state index in [1.54, 1.807) is 6.92 Å². The lowest BCUT2D eigenvalue weighted by atomic mass is 10.2. The zero-order valence-electron chi connectivity index (χ0n) is 14.4. The van der Waals surface area contributed by atoms with Crippen molar-refractivity contribution in [3.05, 3.63) is 24.0 Å². The molecule has 142 valence electrons. The molecule has 1 fully saturated rings. The van der Waals surface area contributed by atoms with Gasteiger partial charge in [0.25, 0.3) is 5.91 Å². The lowest BCUT2D eigenvalue weighted by molar-refractivity contribution is -0.125. The second-order valence-corrected chi connectivity index (χ2v) is 5.54. The molecular formula is C16H22FN5O4. The van der Waals surface area contributed by atoms with E-state index in [2.05, 4.69) is 16.0 Å². The summed E-state index contributed by atoms with van der Waals surface area (Å²) in [7, 11) is 0. The normalized spacial score (nSPS) is 15.3. The van der Waals surface area contributed by atoms with Gasteiger partial charge in [-0.05, 0) is 25.1 Å². The number of benzene rings is 1. The van der Waals surface area contributed by atoms with Gasteiger partial charge < -0.3 is 31.3 Å². The summed E-state index contributed by atoms with van der Waals surface area (Å²) in [6, 6.07) is 2.48. The number of nitrogens with zero attached hydrogens (tertiary/aromatic N) is 1. The highest BCUT2D eigenvalue weighted by Crippen LogP contribution is 2.23. The molecule has 0 bridgehead atoms. The summed E-state index contributed by atoms with van der Waals surface area (Å²) in [5.74, 6) is -1.61. The Labute approximate surface area is 150 Å². The van der Waals surface area contributed by atoms with Crippen LogP contribution in [-0.2, 0) is 14.3 Å². The monoisotopic (exact) mass is 367 g/mol. The Kier molecular flexibility index (Phi) is 6.87. The van der Waals surface area contributed by atoms with Gasteiger partial charge in [-0.2, -0.15) is 0 Å². The SMILES string of the molecule is CCNC(=O)N[C@H](CN)C(=O)Nc1ccc(N2CCOCC2=O)cc1F. The van der Waals surface area contributed by atoms with E-state index in [0.717, 1.165) is 6.07 Å². The van der Waals surface area contributed by atoms with Gasteiger partial charge in [0.15, 0.2) is 0 Å². The van der Waals surface area contributed by atoms with Crippen LogP contribution in [0.2, 0.25) is 0 Å². The molecule has 1 aromatic rings. The van der Waals surface area contributed by atoms with Crippen LogP contribution >= 0.6 is 0 Å². The molecule has 1 saturated heterocycles. The van der Waals surface area contributed by atoms with Crippen molar-refractivity contribution in [3.8, 4) is 0 Å².